The Labute approximate surface area is 143 Å². The number of nitrogens with one attached hydrogen (secondary N) is 1. The molecule has 0 saturated heterocycles. The molecule has 1 aromatic carbocycles. The normalized spacial score (nSPS) is 19.5. The van der Waals surface area contributed by atoms with Crippen molar-refractivity contribution in [3.8, 4) is 0 Å². The van der Waals surface area contributed by atoms with Gasteiger partial charge < -0.3 is 15.0 Å². The van der Waals surface area contributed by atoms with E-state index in [0.717, 1.165) is 24.7 Å². The van der Waals surface area contributed by atoms with E-state index in [1.165, 1.54) is 12.1 Å². The van der Waals surface area contributed by atoms with E-state index in [0.29, 0.717) is 11.4 Å². The SMILES string of the molecule is Cn1c(CO)nnc1C1CC(NC(=O)CCc2ccc(F)cc2F)C1. The largest absolute Gasteiger partial charge is 0.388 e. The highest BCUT2D eigenvalue weighted by molar-refractivity contribution is 5.76. The lowest BCUT2D eigenvalue weighted by molar-refractivity contribution is -0.122. The third-order valence-corrected chi connectivity index (χ3v) is 4.64. The summed E-state index contributed by atoms with van der Waals surface area (Å²) in [6.45, 7) is -0.156. The molecule has 1 saturated carbocycles. The number of carbonyl (C=O) groups excluding carboxylic acids is 1. The van der Waals surface area contributed by atoms with Crippen LogP contribution in [0.5, 0.6) is 0 Å². The number of hydrogen-bond donors (Lipinski definition) is 2. The highest BCUT2D eigenvalue weighted by Gasteiger charge is 2.34. The lowest BCUT2D eigenvalue weighted by Gasteiger charge is -2.35. The van der Waals surface area contributed by atoms with Crippen molar-refractivity contribution in [2.75, 3.05) is 0 Å². The van der Waals surface area contributed by atoms with Gasteiger partial charge in [-0.3, -0.25) is 4.79 Å². The van der Waals surface area contributed by atoms with Gasteiger partial charge in [-0.1, -0.05) is 6.07 Å². The van der Waals surface area contributed by atoms with Gasteiger partial charge in [-0.15, -0.1) is 10.2 Å². The van der Waals surface area contributed by atoms with Crippen molar-refractivity contribution in [2.24, 2.45) is 7.05 Å². The third kappa shape index (κ3) is 3.84. The summed E-state index contributed by atoms with van der Waals surface area (Å²) in [4.78, 5) is 12.0. The molecule has 3 rings (SSSR count). The molecule has 0 radical (unpaired) electrons. The first-order valence-electron chi connectivity index (χ1n) is 8.20. The predicted molar refractivity (Wildman–Crippen MR) is 85.5 cm³/mol. The monoisotopic (exact) mass is 350 g/mol. The molecule has 134 valence electrons. The maximum Gasteiger partial charge on any atom is 0.220 e. The van der Waals surface area contributed by atoms with Crippen molar-refractivity contribution >= 4 is 5.91 Å². The maximum atomic E-state index is 13.5. The zero-order valence-corrected chi connectivity index (χ0v) is 13.9. The second kappa shape index (κ2) is 7.26. The van der Waals surface area contributed by atoms with Crippen LogP contribution >= 0.6 is 0 Å². The minimum Gasteiger partial charge on any atom is -0.388 e. The maximum absolute atomic E-state index is 13.5. The van der Waals surface area contributed by atoms with Gasteiger partial charge in [-0.2, -0.15) is 0 Å². The molecule has 1 aliphatic rings. The van der Waals surface area contributed by atoms with Crippen molar-refractivity contribution in [2.45, 2.75) is 44.2 Å². The first-order chi connectivity index (χ1) is 12.0. The van der Waals surface area contributed by atoms with Crippen LogP contribution in [0.4, 0.5) is 8.78 Å². The van der Waals surface area contributed by atoms with Gasteiger partial charge in [0.2, 0.25) is 5.91 Å². The molecular formula is C17H20F2N4O2. The summed E-state index contributed by atoms with van der Waals surface area (Å²) in [6, 6.07) is 3.44. The van der Waals surface area contributed by atoms with E-state index >= 15 is 0 Å². The summed E-state index contributed by atoms with van der Waals surface area (Å²) >= 11 is 0. The van der Waals surface area contributed by atoms with E-state index < -0.39 is 11.6 Å². The van der Waals surface area contributed by atoms with Gasteiger partial charge >= 0.3 is 0 Å². The molecule has 2 N–H and O–H groups in total. The van der Waals surface area contributed by atoms with Crippen LogP contribution < -0.4 is 5.32 Å². The van der Waals surface area contributed by atoms with Crippen molar-refractivity contribution in [1.29, 1.82) is 0 Å². The van der Waals surface area contributed by atoms with Crippen molar-refractivity contribution in [1.82, 2.24) is 20.1 Å². The summed E-state index contributed by atoms with van der Waals surface area (Å²) in [5.74, 6) is 0.128. The molecule has 0 aliphatic heterocycles. The van der Waals surface area contributed by atoms with E-state index in [9.17, 15) is 13.6 Å². The topological polar surface area (TPSA) is 80.0 Å². The van der Waals surface area contributed by atoms with Gasteiger partial charge in [0.15, 0.2) is 5.82 Å². The fraction of sp³-hybridized carbons (Fsp3) is 0.471. The number of aliphatic hydroxyl groups excluding tert-OH is 1. The zero-order chi connectivity index (χ0) is 18.0. The van der Waals surface area contributed by atoms with Gasteiger partial charge in [0, 0.05) is 31.5 Å². The molecule has 25 heavy (non-hydrogen) atoms. The van der Waals surface area contributed by atoms with Crippen LogP contribution in [0.25, 0.3) is 0 Å². The molecule has 0 spiro atoms. The number of hydrogen-bond acceptors (Lipinski definition) is 4. The molecule has 6 nitrogen and oxygen atoms in total. The van der Waals surface area contributed by atoms with Gasteiger partial charge in [0.05, 0.1) is 0 Å². The smallest absolute Gasteiger partial charge is 0.220 e. The van der Waals surface area contributed by atoms with Crippen molar-refractivity contribution in [3.63, 3.8) is 0 Å². The van der Waals surface area contributed by atoms with Crippen molar-refractivity contribution < 1.29 is 18.7 Å². The zero-order valence-electron chi connectivity index (χ0n) is 13.9. The Balaban J connectivity index is 1.45. The van der Waals surface area contributed by atoms with Gasteiger partial charge in [-0.05, 0) is 30.9 Å². The van der Waals surface area contributed by atoms with E-state index in [2.05, 4.69) is 15.5 Å². The molecule has 1 fully saturated rings. The summed E-state index contributed by atoms with van der Waals surface area (Å²) in [7, 11) is 1.81. The summed E-state index contributed by atoms with van der Waals surface area (Å²) in [6.07, 6.45) is 1.90. The van der Waals surface area contributed by atoms with Crippen LogP contribution in [0.3, 0.4) is 0 Å². The lowest BCUT2D eigenvalue weighted by atomic mass is 9.79. The summed E-state index contributed by atoms with van der Waals surface area (Å²) < 4.78 is 28.2. The number of benzene rings is 1. The standard InChI is InChI=1S/C17H20F2N4O2/c1-23-15(9-24)21-22-17(23)11-6-13(7-11)20-16(25)5-3-10-2-4-12(18)8-14(10)19/h2,4,8,11,13,24H,3,5-7,9H2,1H3,(H,20,25). The molecule has 1 amide bonds. The second-order valence-corrected chi connectivity index (χ2v) is 6.36. The van der Waals surface area contributed by atoms with Crippen LogP contribution in [-0.4, -0.2) is 31.8 Å². The number of carbonyl (C=O) groups is 1. The van der Waals surface area contributed by atoms with E-state index in [1.54, 1.807) is 4.57 Å². The number of halogens is 2. The first-order valence-corrected chi connectivity index (χ1v) is 8.20. The van der Waals surface area contributed by atoms with Crippen LogP contribution in [0.15, 0.2) is 18.2 Å². The minimum absolute atomic E-state index is 0.0600. The Hall–Kier alpha value is -2.35. The van der Waals surface area contributed by atoms with Crippen LogP contribution in [0, 0.1) is 11.6 Å². The lowest BCUT2D eigenvalue weighted by Crippen LogP contribution is -2.44. The Bertz CT molecular complexity index is 772. The van der Waals surface area contributed by atoms with Gasteiger partial charge in [0.25, 0.3) is 0 Å². The second-order valence-electron chi connectivity index (χ2n) is 6.36. The van der Waals surface area contributed by atoms with Gasteiger partial charge in [-0.25, -0.2) is 8.78 Å². The van der Waals surface area contributed by atoms with Crippen LogP contribution in [0.2, 0.25) is 0 Å². The van der Waals surface area contributed by atoms with Crippen molar-refractivity contribution in [3.05, 3.63) is 47.0 Å². The molecule has 1 aliphatic carbocycles. The fourth-order valence-corrected chi connectivity index (χ4v) is 3.09. The third-order valence-electron chi connectivity index (χ3n) is 4.64. The number of aryl methyl sites for hydroxylation is 1. The average molecular weight is 350 g/mol. The Kier molecular flexibility index (Phi) is 5.08. The Morgan fingerprint density at radius 2 is 2.12 bits per heavy atom. The quantitative estimate of drug-likeness (QED) is 0.829. The molecule has 1 heterocycles. The number of aliphatic hydroxyl groups is 1. The van der Waals surface area contributed by atoms with Gasteiger partial charge in [0.1, 0.15) is 24.1 Å². The number of nitrogens with zero attached hydrogens (tertiary/aromatic N) is 3. The molecule has 2 aromatic rings. The number of aromatic nitrogens is 3. The summed E-state index contributed by atoms with van der Waals surface area (Å²) in [5, 5.41) is 20.0. The minimum atomic E-state index is -0.626. The highest BCUT2D eigenvalue weighted by atomic mass is 19.1. The number of rotatable bonds is 6. The molecule has 0 unspecified atom stereocenters. The Morgan fingerprint density at radius 3 is 2.76 bits per heavy atom. The highest BCUT2D eigenvalue weighted by Crippen LogP contribution is 2.35. The van der Waals surface area contributed by atoms with Crippen LogP contribution in [0.1, 0.15) is 42.4 Å². The summed E-state index contributed by atoms with van der Waals surface area (Å²) in [5.41, 5.74) is 0.332. The fourth-order valence-electron chi connectivity index (χ4n) is 3.09. The molecule has 8 heteroatoms. The molecule has 0 bridgehead atoms. The molecule has 0 atom stereocenters. The first kappa shape index (κ1) is 17.5. The predicted octanol–water partition coefficient (Wildman–Crippen LogP) is 1.58. The van der Waals surface area contributed by atoms with E-state index in [-0.39, 0.29) is 37.3 Å². The molecule has 1 aromatic heterocycles. The Morgan fingerprint density at radius 1 is 1.36 bits per heavy atom. The number of amides is 1. The molecular weight excluding hydrogens is 330 g/mol. The van der Waals surface area contributed by atoms with Crippen LogP contribution in [-0.2, 0) is 24.9 Å². The average Bonchev–Trinajstić information content (AvgIpc) is 2.90. The van der Waals surface area contributed by atoms with E-state index in [4.69, 9.17) is 5.11 Å². The van der Waals surface area contributed by atoms with E-state index in [1.807, 2.05) is 7.05 Å².